The van der Waals surface area contributed by atoms with Crippen LogP contribution in [0.2, 0.25) is 0 Å². The topological polar surface area (TPSA) is 114 Å². The van der Waals surface area contributed by atoms with Gasteiger partial charge in [-0.3, -0.25) is 0 Å². The summed E-state index contributed by atoms with van der Waals surface area (Å²) in [6.45, 7) is 2.33. The minimum atomic E-state index is 0.211. The molecule has 1 saturated carbocycles. The largest absolute Gasteiger partial charge is 0.377 e. The summed E-state index contributed by atoms with van der Waals surface area (Å²) in [6.07, 6.45) is 9.44. The van der Waals surface area contributed by atoms with Gasteiger partial charge in [-0.15, -0.1) is 10.2 Å². The van der Waals surface area contributed by atoms with E-state index in [0.29, 0.717) is 36.5 Å². The third-order valence-electron chi connectivity index (χ3n) is 6.15. The monoisotopic (exact) mass is 394 g/mol. The maximum atomic E-state index is 9.33. The molecule has 4 heterocycles. The Kier molecular flexibility index (Phi) is 5.02. The quantitative estimate of drug-likeness (QED) is 0.794. The Bertz CT molecular complexity index is 916. The van der Waals surface area contributed by atoms with Crippen LogP contribution in [0.3, 0.4) is 0 Å². The standard InChI is InChI=1S/C20H26N8O/c21-9-14-10-22-20(25-18(14)23-16-11-29-12-16)24-15-5-3-4-13(8-15)19-27-26-17-6-1-2-7-28(17)19/h10,13,15-16H,1-8,11-12H2,(H2,22,23,24,25)/t13-,15+/m0/s1. The lowest BCUT2D eigenvalue weighted by atomic mass is 9.85. The molecule has 2 fully saturated rings. The highest BCUT2D eigenvalue weighted by Gasteiger charge is 2.29. The summed E-state index contributed by atoms with van der Waals surface area (Å²) in [4.78, 5) is 8.94. The molecule has 0 radical (unpaired) electrons. The first-order valence-electron chi connectivity index (χ1n) is 10.6. The molecule has 5 rings (SSSR count). The van der Waals surface area contributed by atoms with E-state index in [9.17, 15) is 5.26 Å². The van der Waals surface area contributed by atoms with Gasteiger partial charge < -0.3 is 19.9 Å². The molecule has 2 aromatic rings. The van der Waals surface area contributed by atoms with Crippen LogP contribution < -0.4 is 10.6 Å². The van der Waals surface area contributed by atoms with Crippen LogP contribution in [-0.2, 0) is 17.7 Å². The number of hydrogen-bond donors (Lipinski definition) is 2. The fourth-order valence-electron chi connectivity index (χ4n) is 4.53. The average Bonchev–Trinajstić information content (AvgIpc) is 3.15. The first-order chi connectivity index (χ1) is 14.3. The Morgan fingerprint density at radius 1 is 1.10 bits per heavy atom. The lowest BCUT2D eigenvalue weighted by Crippen LogP contribution is -2.40. The van der Waals surface area contributed by atoms with Gasteiger partial charge in [-0.25, -0.2) is 4.98 Å². The van der Waals surface area contributed by atoms with Crippen molar-refractivity contribution in [1.82, 2.24) is 24.7 Å². The molecule has 9 heteroatoms. The summed E-state index contributed by atoms with van der Waals surface area (Å²) >= 11 is 0. The Balaban J connectivity index is 1.28. The Labute approximate surface area is 169 Å². The second-order valence-corrected chi connectivity index (χ2v) is 8.23. The van der Waals surface area contributed by atoms with Crippen molar-refractivity contribution in [1.29, 1.82) is 5.26 Å². The first-order valence-corrected chi connectivity index (χ1v) is 10.6. The highest BCUT2D eigenvalue weighted by molar-refractivity contribution is 5.54. The molecular weight excluding hydrogens is 368 g/mol. The molecule has 3 aliphatic rings. The van der Waals surface area contributed by atoms with Crippen molar-refractivity contribution in [2.45, 2.75) is 69.5 Å². The first kappa shape index (κ1) is 18.3. The number of rotatable bonds is 5. The maximum Gasteiger partial charge on any atom is 0.224 e. The summed E-state index contributed by atoms with van der Waals surface area (Å²) in [7, 11) is 0. The van der Waals surface area contributed by atoms with Crippen molar-refractivity contribution in [2.24, 2.45) is 0 Å². The van der Waals surface area contributed by atoms with Gasteiger partial charge in [0.2, 0.25) is 5.95 Å². The van der Waals surface area contributed by atoms with Gasteiger partial charge in [0.05, 0.1) is 25.5 Å². The van der Waals surface area contributed by atoms with Crippen molar-refractivity contribution in [3.05, 3.63) is 23.4 Å². The Morgan fingerprint density at radius 2 is 2.03 bits per heavy atom. The molecule has 0 amide bonds. The summed E-state index contributed by atoms with van der Waals surface area (Å²) < 4.78 is 7.55. The van der Waals surface area contributed by atoms with Gasteiger partial charge in [0.15, 0.2) is 0 Å². The van der Waals surface area contributed by atoms with Gasteiger partial charge in [-0.1, -0.05) is 6.42 Å². The number of nitriles is 1. The number of hydrogen-bond acceptors (Lipinski definition) is 8. The number of anilines is 2. The van der Waals surface area contributed by atoms with E-state index in [1.54, 1.807) is 6.20 Å². The molecule has 1 saturated heterocycles. The number of nitrogens with zero attached hydrogens (tertiary/aromatic N) is 6. The second-order valence-electron chi connectivity index (χ2n) is 8.23. The summed E-state index contributed by atoms with van der Waals surface area (Å²) in [5.41, 5.74) is 0.457. The van der Waals surface area contributed by atoms with Crippen LogP contribution in [0.5, 0.6) is 0 Å². The highest BCUT2D eigenvalue weighted by Crippen LogP contribution is 2.34. The molecule has 0 aromatic carbocycles. The molecule has 0 unspecified atom stereocenters. The molecule has 1 aliphatic carbocycles. The van der Waals surface area contributed by atoms with E-state index in [-0.39, 0.29) is 12.1 Å². The number of aryl methyl sites for hydroxylation is 1. The van der Waals surface area contributed by atoms with Crippen molar-refractivity contribution in [2.75, 3.05) is 23.8 Å². The fourth-order valence-corrected chi connectivity index (χ4v) is 4.53. The van der Waals surface area contributed by atoms with Crippen LogP contribution in [0.15, 0.2) is 6.20 Å². The molecule has 29 heavy (non-hydrogen) atoms. The molecule has 9 nitrogen and oxygen atoms in total. The summed E-state index contributed by atoms with van der Waals surface area (Å²) in [5.74, 6) is 3.87. The number of nitrogens with one attached hydrogen (secondary N) is 2. The third-order valence-corrected chi connectivity index (χ3v) is 6.15. The zero-order chi connectivity index (χ0) is 19.6. The van der Waals surface area contributed by atoms with Crippen molar-refractivity contribution in [3.63, 3.8) is 0 Å². The van der Waals surface area contributed by atoms with E-state index >= 15 is 0 Å². The minimum absolute atomic E-state index is 0.211. The molecule has 2 aliphatic heterocycles. The highest BCUT2D eigenvalue weighted by atomic mass is 16.5. The predicted molar refractivity (Wildman–Crippen MR) is 107 cm³/mol. The summed E-state index contributed by atoms with van der Waals surface area (Å²) in [6, 6.07) is 2.66. The van der Waals surface area contributed by atoms with E-state index in [1.165, 1.54) is 12.8 Å². The van der Waals surface area contributed by atoms with Gasteiger partial charge in [-0.05, 0) is 32.1 Å². The maximum absolute atomic E-state index is 9.33. The SMILES string of the molecule is N#Cc1cnc(N[C@@H]2CCC[C@H](c3nnc4n3CCCC4)C2)nc1NC1COC1. The van der Waals surface area contributed by atoms with Gasteiger partial charge in [0, 0.05) is 24.9 Å². The average molecular weight is 394 g/mol. The van der Waals surface area contributed by atoms with Gasteiger partial charge >= 0.3 is 0 Å². The van der Waals surface area contributed by atoms with Crippen LogP contribution in [0.25, 0.3) is 0 Å². The molecule has 152 valence electrons. The van der Waals surface area contributed by atoms with E-state index in [2.05, 4.69) is 41.4 Å². The zero-order valence-corrected chi connectivity index (χ0v) is 16.5. The van der Waals surface area contributed by atoms with Crippen LogP contribution in [0.4, 0.5) is 11.8 Å². The van der Waals surface area contributed by atoms with Crippen LogP contribution in [0, 0.1) is 11.3 Å². The summed E-state index contributed by atoms with van der Waals surface area (Å²) in [5, 5.41) is 25.1. The number of ether oxygens (including phenoxy) is 1. The molecule has 0 bridgehead atoms. The van der Waals surface area contributed by atoms with Gasteiger partial charge in [0.1, 0.15) is 29.1 Å². The van der Waals surface area contributed by atoms with E-state index in [4.69, 9.17) is 4.74 Å². The normalized spacial score (nSPS) is 24.2. The second kappa shape index (κ2) is 7.95. The lowest BCUT2D eigenvalue weighted by Gasteiger charge is -2.30. The lowest BCUT2D eigenvalue weighted by molar-refractivity contribution is 0.0209. The van der Waals surface area contributed by atoms with Crippen LogP contribution in [-0.4, -0.2) is 50.0 Å². The minimum Gasteiger partial charge on any atom is -0.377 e. The number of fused-ring (bicyclic) bond motifs is 1. The van der Waals surface area contributed by atoms with Crippen molar-refractivity contribution < 1.29 is 4.74 Å². The van der Waals surface area contributed by atoms with Crippen molar-refractivity contribution >= 4 is 11.8 Å². The van der Waals surface area contributed by atoms with Crippen molar-refractivity contribution in [3.8, 4) is 6.07 Å². The predicted octanol–water partition coefficient (Wildman–Crippen LogP) is 2.23. The van der Waals surface area contributed by atoms with E-state index in [0.717, 1.165) is 50.3 Å². The molecule has 0 spiro atoms. The van der Waals surface area contributed by atoms with Crippen LogP contribution in [0.1, 0.15) is 61.7 Å². The van der Waals surface area contributed by atoms with E-state index in [1.807, 2.05) is 0 Å². The van der Waals surface area contributed by atoms with Gasteiger partial charge in [0.25, 0.3) is 0 Å². The fraction of sp³-hybridized carbons (Fsp3) is 0.650. The Hall–Kier alpha value is -2.73. The van der Waals surface area contributed by atoms with Crippen LogP contribution >= 0.6 is 0 Å². The number of aromatic nitrogens is 5. The van der Waals surface area contributed by atoms with Gasteiger partial charge in [-0.2, -0.15) is 10.2 Å². The molecule has 2 N–H and O–H groups in total. The Morgan fingerprint density at radius 3 is 2.86 bits per heavy atom. The third kappa shape index (κ3) is 3.77. The molecule has 2 aromatic heterocycles. The van der Waals surface area contributed by atoms with E-state index < -0.39 is 0 Å². The molecule has 2 atom stereocenters. The molecular formula is C20H26N8O. The zero-order valence-electron chi connectivity index (χ0n) is 16.5. The smallest absolute Gasteiger partial charge is 0.224 e.